The second kappa shape index (κ2) is 2.74. The van der Waals surface area contributed by atoms with Gasteiger partial charge in [0.05, 0.1) is 26.4 Å². The first-order chi connectivity index (χ1) is 5.57. The lowest BCUT2D eigenvalue weighted by atomic mass is 10.1. The van der Waals surface area contributed by atoms with Crippen LogP contribution in [0.4, 0.5) is 4.79 Å². The predicted molar refractivity (Wildman–Crippen MR) is 39.5 cm³/mol. The van der Waals surface area contributed by atoms with E-state index in [1.165, 1.54) is 24.9 Å². The molecule has 0 spiro atoms. The van der Waals surface area contributed by atoms with E-state index in [0.717, 1.165) is 4.90 Å². The third-order valence-electron chi connectivity index (χ3n) is 1.70. The topological polar surface area (TPSA) is 64.2 Å². The normalized spacial score (nSPS) is 23.6. The van der Waals surface area contributed by atoms with Crippen molar-refractivity contribution in [2.24, 2.45) is 5.92 Å². The molecule has 12 heavy (non-hydrogen) atoms. The lowest BCUT2D eigenvalue weighted by Crippen LogP contribution is -2.47. The van der Waals surface area contributed by atoms with Gasteiger partial charge < -0.3 is 0 Å². The van der Waals surface area contributed by atoms with Crippen molar-refractivity contribution in [1.29, 1.82) is 5.26 Å². The number of carbonyl (C=O) groups excluding carboxylic acids is 2. The van der Waals surface area contributed by atoms with E-state index in [-0.39, 0.29) is 0 Å². The standard InChI is InChI=1S/C7H8N3O2/c1-9-4-5(3-8)6(11)10(2)7(9)12/h4-5H,1-2H3/q+1. The molecule has 1 heterocycles. The molecule has 0 aliphatic carbocycles. The third-order valence-corrected chi connectivity index (χ3v) is 1.70. The average Bonchev–Trinajstić information content (AvgIpc) is 2.08. The van der Waals surface area contributed by atoms with E-state index < -0.39 is 17.9 Å². The van der Waals surface area contributed by atoms with Crippen LogP contribution < -0.4 is 0 Å². The van der Waals surface area contributed by atoms with Crippen LogP contribution in [0.15, 0.2) is 0 Å². The number of nitriles is 1. The van der Waals surface area contributed by atoms with E-state index >= 15 is 0 Å². The number of imide groups is 1. The zero-order chi connectivity index (χ0) is 9.30. The Kier molecular flexibility index (Phi) is 1.92. The second-order valence-electron chi connectivity index (χ2n) is 2.55. The van der Waals surface area contributed by atoms with Crippen LogP contribution in [-0.4, -0.2) is 41.7 Å². The van der Waals surface area contributed by atoms with Gasteiger partial charge in [-0.25, -0.2) is 9.37 Å². The molecule has 62 valence electrons. The highest BCUT2D eigenvalue weighted by Gasteiger charge is 2.38. The molecule has 0 saturated carbocycles. The molecule has 1 unspecified atom stereocenters. The Labute approximate surface area is 69.5 Å². The quantitative estimate of drug-likeness (QED) is 0.453. The average molecular weight is 166 g/mol. The maximum absolute atomic E-state index is 11.1. The smallest absolute Gasteiger partial charge is 0.245 e. The van der Waals surface area contributed by atoms with Crippen LogP contribution in [0.5, 0.6) is 0 Å². The maximum Gasteiger partial charge on any atom is 0.500 e. The lowest BCUT2D eigenvalue weighted by molar-refractivity contribution is -0.400. The second-order valence-corrected chi connectivity index (χ2v) is 2.55. The first-order valence-corrected chi connectivity index (χ1v) is 3.37. The highest BCUT2D eigenvalue weighted by atomic mass is 16.2. The van der Waals surface area contributed by atoms with Gasteiger partial charge in [0.25, 0.3) is 0 Å². The van der Waals surface area contributed by atoms with Gasteiger partial charge in [-0.1, -0.05) is 0 Å². The number of hydrogen-bond donors (Lipinski definition) is 0. The summed E-state index contributed by atoms with van der Waals surface area (Å²) in [5, 5.41) is 8.52. The Morgan fingerprint density at radius 2 is 2.25 bits per heavy atom. The molecule has 1 aliphatic heterocycles. The van der Waals surface area contributed by atoms with Gasteiger partial charge in [-0.15, -0.1) is 0 Å². The minimum atomic E-state index is -0.835. The largest absolute Gasteiger partial charge is 0.500 e. The minimum Gasteiger partial charge on any atom is -0.245 e. The van der Waals surface area contributed by atoms with Crippen molar-refractivity contribution in [2.75, 3.05) is 14.1 Å². The number of nitrogens with zero attached hydrogens (tertiary/aromatic N) is 3. The van der Waals surface area contributed by atoms with Crippen LogP contribution in [0, 0.1) is 17.2 Å². The number of urea groups is 1. The Bertz CT molecular complexity index is 313. The number of rotatable bonds is 0. The summed E-state index contributed by atoms with van der Waals surface area (Å²) in [4.78, 5) is 23.2. The summed E-state index contributed by atoms with van der Waals surface area (Å²) in [6, 6.07) is 1.38. The Hall–Kier alpha value is -1.70. The van der Waals surface area contributed by atoms with Gasteiger partial charge in [-0.05, 0) is 0 Å². The van der Waals surface area contributed by atoms with Gasteiger partial charge >= 0.3 is 11.9 Å². The van der Waals surface area contributed by atoms with Crippen LogP contribution in [-0.2, 0) is 4.79 Å². The van der Waals surface area contributed by atoms with Gasteiger partial charge in [-0.2, -0.15) is 15.0 Å². The third kappa shape index (κ3) is 1.07. The summed E-state index contributed by atoms with van der Waals surface area (Å²) >= 11 is 0. The van der Waals surface area contributed by atoms with Crippen LogP contribution >= 0.6 is 0 Å². The molecule has 0 radical (unpaired) electrons. The molecule has 0 fully saturated rings. The van der Waals surface area contributed by atoms with Gasteiger partial charge in [0, 0.05) is 0 Å². The molecule has 1 aliphatic rings. The summed E-state index contributed by atoms with van der Waals surface area (Å²) in [5.41, 5.74) is 0. The Balaban J connectivity index is 3.09. The summed E-state index contributed by atoms with van der Waals surface area (Å²) < 4.78 is 1.23. The van der Waals surface area contributed by atoms with Gasteiger partial charge in [0.2, 0.25) is 5.92 Å². The fourth-order valence-electron chi connectivity index (χ4n) is 0.979. The van der Waals surface area contributed by atoms with Crippen LogP contribution in [0.3, 0.4) is 0 Å². The van der Waals surface area contributed by atoms with Crippen LogP contribution in [0.25, 0.3) is 0 Å². The summed E-state index contributed by atoms with van der Waals surface area (Å²) in [7, 11) is 2.87. The van der Waals surface area contributed by atoms with Gasteiger partial charge in [0.15, 0.2) is 0 Å². The molecule has 5 heteroatoms. The highest BCUT2D eigenvalue weighted by Crippen LogP contribution is 2.04. The molecule has 3 amide bonds. The first kappa shape index (κ1) is 8.40. The van der Waals surface area contributed by atoms with Crippen molar-refractivity contribution in [3.05, 3.63) is 0 Å². The molecule has 0 aromatic heterocycles. The maximum atomic E-state index is 11.1. The van der Waals surface area contributed by atoms with Crippen molar-refractivity contribution in [1.82, 2.24) is 4.90 Å². The van der Waals surface area contributed by atoms with E-state index in [9.17, 15) is 9.59 Å². The molecule has 0 aromatic rings. The lowest BCUT2D eigenvalue weighted by Gasteiger charge is -2.14. The summed E-state index contributed by atoms with van der Waals surface area (Å²) in [6.07, 6.45) is 1.31. The Morgan fingerprint density at radius 1 is 1.67 bits per heavy atom. The van der Waals surface area contributed by atoms with Crippen molar-refractivity contribution >= 4 is 18.2 Å². The summed E-state index contributed by atoms with van der Waals surface area (Å²) in [6.45, 7) is 0. The van der Waals surface area contributed by atoms with E-state index in [1.54, 1.807) is 6.07 Å². The molecule has 0 N–H and O–H groups in total. The molecule has 5 nitrogen and oxygen atoms in total. The molecular formula is C7H8N3O2+. The summed E-state index contributed by atoms with van der Waals surface area (Å²) in [5.74, 6) is -1.31. The van der Waals surface area contributed by atoms with E-state index in [4.69, 9.17) is 5.26 Å². The number of amides is 3. The molecule has 1 atom stereocenters. The fourth-order valence-corrected chi connectivity index (χ4v) is 0.979. The molecule has 1 rings (SSSR count). The van der Waals surface area contributed by atoms with Crippen LogP contribution in [0.1, 0.15) is 0 Å². The van der Waals surface area contributed by atoms with E-state index in [2.05, 4.69) is 0 Å². The number of carbonyl (C=O) groups is 2. The van der Waals surface area contributed by atoms with Crippen molar-refractivity contribution in [2.45, 2.75) is 0 Å². The first-order valence-electron chi connectivity index (χ1n) is 3.37. The van der Waals surface area contributed by atoms with E-state index in [0.29, 0.717) is 0 Å². The molecule has 0 aromatic carbocycles. The zero-order valence-corrected chi connectivity index (χ0v) is 6.81. The van der Waals surface area contributed by atoms with Crippen molar-refractivity contribution < 1.29 is 14.2 Å². The fraction of sp³-hybridized carbons (Fsp3) is 0.429. The number of hydrogen-bond acceptors (Lipinski definition) is 3. The zero-order valence-electron chi connectivity index (χ0n) is 6.81. The highest BCUT2D eigenvalue weighted by molar-refractivity contribution is 6.05. The van der Waals surface area contributed by atoms with Crippen molar-refractivity contribution in [3.8, 4) is 6.07 Å². The molecular weight excluding hydrogens is 158 g/mol. The molecule has 0 bridgehead atoms. The van der Waals surface area contributed by atoms with Gasteiger partial charge in [-0.3, -0.25) is 0 Å². The minimum absolute atomic E-state index is 0.411. The van der Waals surface area contributed by atoms with Crippen molar-refractivity contribution in [3.63, 3.8) is 0 Å². The van der Waals surface area contributed by atoms with Gasteiger partial charge in [0.1, 0.15) is 0 Å². The predicted octanol–water partition coefficient (Wildman–Crippen LogP) is -0.569. The SMILES string of the molecule is CN1C(=O)C(C#N)C=[N+](C)C1=O. The molecule has 0 saturated heterocycles. The Morgan fingerprint density at radius 3 is 2.75 bits per heavy atom. The van der Waals surface area contributed by atoms with Crippen LogP contribution in [0.2, 0.25) is 0 Å². The van der Waals surface area contributed by atoms with E-state index in [1.807, 2.05) is 0 Å². The monoisotopic (exact) mass is 166 g/mol.